The maximum absolute atomic E-state index is 13.7. The second kappa shape index (κ2) is 5.80. The van der Waals surface area contributed by atoms with E-state index >= 15 is 0 Å². The quantitative estimate of drug-likeness (QED) is 0.862. The van der Waals surface area contributed by atoms with E-state index in [0.717, 1.165) is 18.5 Å². The van der Waals surface area contributed by atoms with Gasteiger partial charge in [0.25, 0.3) is 0 Å². The third-order valence-corrected chi connectivity index (χ3v) is 4.19. The van der Waals surface area contributed by atoms with Crippen LogP contribution >= 0.6 is 11.6 Å². The van der Waals surface area contributed by atoms with Crippen molar-refractivity contribution in [1.29, 1.82) is 0 Å². The monoisotopic (exact) mass is 283 g/mol. The van der Waals surface area contributed by atoms with Crippen molar-refractivity contribution in [3.05, 3.63) is 34.6 Å². The second-order valence-corrected chi connectivity index (χ2v) is 7.10. The number of halogens is 2. The fourth-order valence-corrected chi connectivity index (χ4v) is 2.79. The van der Waals surface area contributed by atoms with Gasteiger partial charge in [-0.25, -0.2) is 4.39 Å². The van der Waals surface area contributed by atoms with Crippen LogP contribution in [0.25, 0.3) is 0 Å². The van der Waals surface area contributed by atoms with Crippen molar-refractivity contribution >= 4 is 11.6 Å². The van der Waals surface area contributed by atoms with Crippen molar-refractivity contribution in [3.8, 4) is 0 Å². The predicted molar refractivity (Wildman–Crippen MR) is 79.1 cm³/mol. The molecule has 2 rings (SSSR count). The van der Waals surface area contributed by atoms with E-state index in [9.17, 15) is 4.39 Å². The van der Waals surface area contributed by atoms with E-state index in [1.807, 2.05) is 0 Å². The Bertz CT molecular complexity index is 439. The molecule has 1 fully saturated rings. The normalized spacial score (nSPS) is 23.2. The van der Waals surface area contributed by atoms with Gasteiger partial charge in [-0.2, -0.15) is 0 Å². The maximum Gasteiger partial charge on any atom is 0.126 e. The molecule has 0 saturated heterocycles. The summed E-state index contributed by atoms with van der Waals surface area (Å²) in [4.78, 5) is 0. The van der Waals surface area contributed by atoms with E-state index in [1.54, 1.807) is 12.1 Å². The Morgan fingerprint density at radius 3 is 2.53 bits per heavy atom. The van der Waals surface area contributed by atoms with Crippen LogP contribution in [-0.4, -0.2) is 12.1 Å². The lowest BCUT2D eigenvalue weighted by molar-refractivity contribution is 0.158. The Labute approximate surface area is 120 Å². The van der Waals surface area contributed by atoms with Gasteiger partial charge in [0.05, 0.1) is 0 Å². The lowest BCUT2D eigenvalue weighted by Crippen LogP contribution is -2.44. The number of rotatable bonds is 4. The van der Waals surface area contributed by atoms with Crippen LogP contribution in [0.5, 0.6) is 0 Å². The summed E-state index contributed by atoms with van der Waals surface area (Å²) >= 11 is 5.94. The van der Waals surface area contributed by atoms with Gasteiger partial charge in [-0.3, -0.25) is 0 Å². The highest BCUT2D eigenvalue weighted by atomic mass is 35.5. The van der Waals surface area contributed by atoms with Crippen molar-refractivity contribution in [1.82, 2.24) is 5.32 Å². The SMILES string of the molecule is CC(C)(C)NCC1CCC1Cc1cc(Cl)ccc1F. The number of hydrogen-bond donors (Lipinski definition) is 1. The fourth-order valence-electron chi connectivity index (χ4n) is 2.60. The molecule has 0 bridgehead atoms. The summed E-state index contributed by atoms with van der Waals surface area (Å²) in [6.45, 7) is 7.56. The first-order chi connectivity index (χ1) is 8.85. The Morgan fingerprint density at radius 2 is 1.95 bits per heavy atom. The highest BCUT2D eigenvalue weighted by Crippen LogP contribution is 2.37. The number of nitrogens with one attached hydrogen (secondary N) is 1. The molecule has 0 heterocycles. The highest BCUT2D eigenvalue weighted by molar-refractivity contribution is 6.30. The maximum atomic E-state index is 13.7. The van der Waals surface area contributed by atoms with Crippen LogP contribution in [-0.2, 0) is 6.42 Å². The molecular weight excluding hydrogens is 261 g/mol. The minimum absolute atomic E-state index is 0.126. The van der Waals surface area contributed by atoms with Crippen LogP contribution in [0.2, 0.25) is 5.02 Å². The zero-order chi connectivity index (χ0) is 14.0. The van der Waals surface area contributed by atoms with E-state index in [4.69, 9.17) is 11.6 Å². The average Bonchev–Trinajstić information content (AvgIpc) is 2.27. The van der Waals surface area contributed by atoms with Crippen molar-refractivity contribution in [2.45, 2.75) is 45.6 Å². The van der Waals surface area contributed by atoms with E-state index in [1.165, 1.54) is 18.9 Å². The van der Waals surface area contributed by atoms with Crippen LogP contribution in [0.15, 0.2) is 18.2 Å². The summed E-state index contributed by atoms with van der Waals surface area (Å²) in [5.41, 5.74) is 0.916. The molecule has 1 nitrogen and oxygen atoms in total. The van der Waals surface area contributed by atoms with Gasteiger partial charge < -0.3 is 5.32 Å². The van der Waals surface area contributed by atoms with Crippen LogP contribution < -0.4 is 5.32 Å². The van der Waals surface area contributed by atoms with Crippen LogP contribution in [0, 0.1) is 17.7 Å². The van der Waals surface area contributed by atoms with Crippen LogP contribution in [0.3, 0.4) is 0 Å². The molecule has 1 aliphatic rings. The first-order valence-corrected chi connectivity index (χ1v) is 7.42. The molecule has 1 N–H and O–H groups in total. The minimum Gasteiger partial charge on any atom is -0.312 e. The second-order valence-electron chi connectivity index (χ2n) is 6.67. The van der Waals surface area contributed by atoms with Gasteiger partial charge in [0.1, 0.15) is 5.82 Å². The molecule has 1 aromatic rings. The van der Waals surface area contributed by atoms with Crippen molar-refractivity contribution in [3.63, 3.8) is 0 Å². The molecule has 0 radical (unpaired) electrons. The first-order valence-electron chi connectivity index (χ1n) is 7.04. The first kappa shape index (κ1) is 14.8. The Balaban J connectivity index is 1.91. The molecule has 0 aliphatic heterocycles. The zero-order valence-electron chi connectivity index (χ0n) is 12.0. The van der Waals surface area contributed by atoms with Crippen molar-refractivity contribution in [2.24, 2.45) is 11.8 Å². The van der Waals surface area contributed by atoms with Crippen LogP contribution in [0.4, 0.5) is 4.39 Å². The third kappa shape index (κ3) is 4.19. The molecule has 106 valence electrons. The average molecular weight is 284 g/mol. The smallest absolute Gasteiger partial charge is 0.126 e. The van der Waals surface area contributed by atoms with Gasteiger partial charge in [-0.1, -0.05) is 11.6 Å². The number of benzene rings is 1. The summed E-state index contributed by atoms with van der Waals surface area (Å²) in [6.07, 6.45) is 3.25. The molecule has 0 spiro atoms. The largest absolute Gasteiger partial charge is 0.312 e. The summed E-state index contributed by atoms with van der Waals surface area (Å²) in [6, 6.07) is 4.85. The van der Waals surface area contributed by atoms with Gasteiger partial charge in [-0.15, -0.1) is 0 Å². The number of hydrogen-bond acceptors (Lipinski definition) is 1. The molecule has 1 aliphatic carbocycles. The summed E-state index contributed by atoms with van der Waals surface area (Å²) in [5.74, 6) is 1.12. The summed E-state index contributed by atoms with van der Waals surface area (Å²) < 4.78 is 13.7. The van der Waals surface area contributed by atoms with E-state index in [0.29, 0.717) is 16.9 Å². The third-order valence-electron chi connectivity index (χ3n) is 3.96. The minimum atomic E-state index is -0.126. The van der Waals surface area contributed by atoms with Gasteiger partial charge in [0.15, 0.2) is 0 Å². The lowest BCUT2D eigenvalue weighted by Gasteiger charge is -2.39. The predicted octanol–water partition coefficient (Wildman–Crippen LogP) is 4.44. The molecule has 0 aromatic heterocycles. The van der Waals surface area contributed by atoms with Gasteiger partial charge in [0, 0.05) is 10.6 Å². The van der Waals surface area contributed by atoms with Gasteiger partial charge in [-0.05, 0) is 82.2 Å². The molecular formula is C16H23ClFN. The zero-order valence-corrected chi connectivity index (χ0v) is 12.7. The summed E-state index contributed by atoms with van der Waals surface area (Å²) in [7, 11) is 0. The Hall–Kier alpha value is -0.600. The van der Waals surface area contributed by atoms with Crippen LogP contribution in [0.1, 0.15) is 39.2 Å². The van der Waals surface area contributed by atoms with Crippen molar-refractivity contribution < 1.29 is 4.39 Å². The molecule has 19 heavy (non-hydrogen) atoms. The lowest BCUT2D eigenvalue weighted by atomic mass is 9.70. The van der Waals surface area contributed by atoms with Crippen molar-refractivity contribution in [2.75, 3.05) is 6.54 Å². The molecule has 2 unspecified atom stereocenters. The Kier molecular flexibility index (Phi) is 4.52. The summed E-state index contributed by atoms with van der Waals surface area (Å²) in [5, 5.41) is 4.17. The standard InChI is InChI=1S/C16H23ClFN/c1-16(2,3)19-10-12-5-4-11(12)8-13-9-14(17)6-7-15(13)18/h6-7,9,11-12,19H,4-5,8,10H2,1-3H3. The molecule has 0 amide bonds. The molecule has 1 saturated carbocycles. The van der Waals surface area contributed by atoms with Gasteiger partial charge >= 0.3 is 0 Å². The van der Waals surface area contributed by atoms with E-state index in [2.05, 4.69) is 26.1 Å². The van der Waals surface area contributed by atoms with E-state index < -0.39 is 0 Å². The highest BCUT2D eigenvalue weighted by Gasteiger charge is 2.31. The van der Waals surface area contributed by atoms with Gasteiger partial charge in [0.2, 0.25) is 0 Å². The molecule has 1 aromatic carbocycles. The molecule has 2 atom stereocenters. The Morgan fingerprint density at radius 1 is 1.26 bits per heavy atom. The van der Waals surface area contributed by atoms with E-state index in [-0.39, 0.29) is 11.4 Å². The fraction of sp³-hybridized carbons (Fsp3) is 0.625. The topological polar surface area (TPSA) is 12.0 Å². The molecule has 3 heteroatoms.